The summed E-state index contributed by atoms with van der Waals surface area (Å²) in [5, 5.41) is 22.0. The van der Waals surface area contributed by atoms with Gasteiger partial charge in [0.2, 0.25) is 12.0 Å². The maximum absolute atomic E-state index is 14.5. The number of aromatic hydroxyl groups is 1. The maximum Gasteiger partial charge on any atom is 0.328 e. The molecule has 4 atom stereocenters. The van der Waals surface area contributed by atoms with Crippen LogP contribution in [-0.4, -0.2) is 54.0 Å². The molecule has 5 aromatic rings. The van der Waals surface area contributed by atoms with E-state index in [1.165, 1.54) is 19.2 Å². The van der Waals surface area contributed by atoms with E-state index in [-0.39, 0.29) is 30.0 Å². The number of fused-ring (bicyclic) bond motifs is 2. The number of phenols is 1. The highest BCUT2D eigenvalue weighted by Gasteiger charge is 2.40. The predicted molar refractivity (Wildman–Crippen MR) is 208 cm³/mol. The lowest BCUT2D eigenvalue weighted by Crippen LogP contribution is -2.55. The number of methoxy groups -OCH3 is 1. The van der Waals surface area contributed by atoms with Crippen LogP contribution in [0.25, 0.3) is 11.1 Å². The van der Waals surface area contributed by atoms with Crippen LogP contribution < -0.4 is 15.0 Å². The van der Waals surface area contributed by atoms with E-state index in [9.17, 15) is 19.5 Å². The summed E-state index contributed by atoms with van der Waals surface area (Å²) in [7, 11) is 3.03. The van der Waals surface area contributed by atoms with Crippen LogP contribution in [0.5, 0.6) is 11.5 Å². The highest BCUT2D eigenvalue weighted by molar-refractivity contribution is 6.00. The number of esters is 1. The highest BCUT2D eigenvalue weighted by atomic mass is 16.5. The summed E-state index contributed by atoms with van der Waals surface area (Å²) >= 11 is 0. The Morgan fingerprint density at radius 3 is 2.25 bits per heavy atom. The first-order valence-electron chi connectivity index (χ1n) is 18.3. The molecule has 10 nitrogen and oxygen atoms in total. The summed E-state index contributed by atoms with van der Waals surface area (Å²) in [4.78, 5) is 45.0. The zero-order valence-corrected chi connectivity index (χ0v) is 30.9. The molecular weight excluding hydrogens is 693 g/mol. The molecule has 0 spiro atoms. The van der Waals surface area contributed by atoms with Gasteiger partial charge in [0.25, 0.3) is 5.91 Å². The Kier molecular flexibility index (Phi) is 10.7. The van der Waals surface area contributed by atoms with Crippen molar-refractivity contribution in [3.63, 3.8) is 0 Å². The molecule has 55 heavy (non-hydrogen) atoms. The number of phenolic OH excluding ortho intramolecular Hbond substituents is 1. The zero-order valence-electron chi connectivity index (χ0n) is 30.9. The van der Waals surface area contributed by atoms with Gasteiger partial charge >= 0.3 is 5.97 Å². The van der Waals surface area contributed by atoms with Crippen molar-refractivity contribution < 1.29 is 29.0 Å². The normalized spacial score (nSPS) is 17.5. The van der Waals surface area contributed by atoms with E-state index in [1.807, 2.05) is 66.7 Å². The van der Waals surface area contributed by atoms with E-state index >= 15 is 0 Å². The van der Waals surface area contributed by atoms with E-state index < -0.39 is 24.2 Å². The molecule has 0 bridgehead atoms. The molecule has 2 aliphatic heterocycles. The van der Waals surface area contributed by atoms with E-state index in [4.69, 9.17) is 14.7 Å². The largest absolute Gasteiger partial charge is 0.508 e. The van der Waals surface area contributed by atoms with E-state index in [2.05, 4.69) is 35.3 Å². The molecule has 0 saturated heterocycles. The maximum atomic E-state index is 14.5. The second-order valence-electron chi connectivity index (χ2n) is 14.0. The summed E-state index contributed by atoms with van der Waals surface area (Å²) < 4.78 is 11.5. The van der Waals surface area contributed by atoms with Crippen LogP contribution in [-0.2, 0) is 38.5 Å². The van der Waals surface area contributed by atoms with Gasteiger partial charge in [0.1, 0.15) is 17.5 Å². The number of hydrogen-bond donors (Lipinski definition) is 2. The lowest BCUT2D eigenvalue weighted by atomic mass is 9.88. The summed E-state index contributed by atoms with van der Waals surface area (Å²) in [6.45, 7) is 2.53. The average Bonchev–Trinajstić information content (AvgIpc) is 3.22. The van der Waals surface area contributed by atoms with Gasteiger partial charge in [-0.3, -0.25) is 14.5 Å². The molecular formula is C45H42N4O6. The number of rotatable bonds is 10. The molecule has 278 valence electrons. The number of carbonyl (C=O) groups is 3. The number of carbonyl (C=O) groups excluding carboxylic acids is 3. The van der Waals surface area contributed by atoms with E-state index in [1.54, 1.807) is 36.2 Å². The Labute approximate surface area is 320 Å². The van der Waals surface area contributed by atoms with Crippen LogP contribution in [0, 0.1) is 11.3 Å². The van der Waals surface area contributed by atoms with Crippen LogP contribution in [0.15, 0.2) is 115 Å². The van der Waals surface area contributed by atoms with Gasteiger partial charge in [-0.15, -0.1) is 0 Å². The summed E-state index contributed by atoms with van der Waals surface area (Å²) in [5.41, 5.74) is 7.57. The fourth-order valence-corrected chi connectivity index (χ4v) is 7.63. The number of anilines is 1. The fourth-order valence-electron chi connectivity index (χ4n) is 7.63. The van der Waals surface area contributed by atoms with Crippen molar-refractivity contribution in [3.8, 4) is 28.7 Å². The predicted octanol–water partition coefficient (Wildman–Crippen LogP) is 6.81. The highest BCUT2D eigenvalue weighted by Crippen LogP contribution is 2.43. The number of ether oxygens (including phenoxy) is 2. The first kappa shape index (κ1) is 36.9. The van der Waals surface area contributed by atoms with Crippen molar-refractivity contribution in [3.05, 3.63) is 149 Å². The van der Waals surface area contributed by atoms with Crippen molar-refractivity contribution in [2.45, 2.75) is 57.0 Å². The zero-order chi connectivity index (χ0) is 38.6. The van der Waals surface area contributed by atoms with Gasteiger partial charge in [-0.2, -0.15) is 5.26 Å². The number of nitrogens with one attached hydrogen (secondary N) is 1. The van der Waals surface area contributed by atoms with Crippen molar-refractivity contribution in [1.29, 1.82) is 5.26 Å². The number of nitriles is 1. The number of amides is 2. The standard InChI is InChI=1S/C45H42N4O6/c1-4-38(32-8-6-5-7-9-32)49-27-35-25-41-39(48(2)44(52)42(55-41)33-18-20-36(50)21-19-33)23-34(35)24-40(49)43(51)47-37(45(53)54-3)22-28-10-14-30(15-11-28)31-16-12-29(26-46)13-17-31/h5-21,23,25,37-38,40,42,50H,4,22,24,27H2,1-3H3,(H,47,51)/t37-,38+,40-,42+/m0/s1. The van der Waals surface area contributed by atoms with Crippen LogP contribution in [0.2, 0.25) is 0 Å². The molecule has 2 aliphatic rings. The number of nitrogens with zero attached hydrogens (tertiary/aromatic N) is 3. The van der Waals surface area contributed by atoms with Crippen molar-refractivity contribution in [1.82, 2.24) is 10.2 Å². The van der Waals surface area contributed by atoms with Gasteiger partial charge in [-0.1, -0.05) is 85.8 Å². The summed E-state index contributed by atoms with van der Waals surface area (Å²) in [5.74, 6) is -0.422. The molecule has 0 aromatic heterocycles. The molecule has 0 unspecified atom stereocenters. The first-order chi connectivity index (χ1) is 26.7. The third-order valence-electron chi connectivity index (χ3n) is 10.6. The molecule has 5 aromatic carbocycles. The number of likely N-dealkylation sites (N-methyl/N-ethyl adjacent to an activating group) is 1. The molecule has 0 radical (unpaired) electrons. The SMILES string of the molecule is CC[C@H](c1ccccc1)N1Cc2cc3c(cc2C[C@H]1C(=O)N[C@@H](Cc1ccc(-c2ccc(C#N)cc2)cc1)C(=O)OC)N(C)C(=O)[C@@H](c1ccc(O)cc1)O3. The second kappa shape index (κ2) is 15.9. The molecule has 2 amide bonds. The molecule has 0 saturated carbocycles. The number of benzene rings is 5. The molecule has 0 fully saturated rings. The Morgan fingerprint density at radius 1 is 0.945 bits per heavy atom. The molecule has 10 heteroatoms. The van der Waals surface area contributed by atoms with Crippen molar-refractivity contribution in [2.24, 2.45) is 0 Å². The topological polar surface area (TPSA) is 132 Å². The second-order valence-corrected chi connectivity index (χ2v) is 14.0. The van der Waals surface area contributed by atoms with E-state index in [0.29, 0.717) is 35.5 Å². The van der Waals surface area contributed by atoms with Gasteiger partial charge in [-0.25, -0.2) is 4.79 Å². The van der Waals surface area contributed by atoms with E-state index in [0.717, 1.165) is 39.8 Å². The lowest BCUT2D eigenvalue weighted by molar-refractivity contribution is -0.146. The lowest BCUT2D eigenvalue weighted by Gasteiger charge is -2.42. The summed E-state index contributed by atoms with van der Waals surface area (Å²) in [6.07, 6.45) is 0.431. The van der Waals surface area contributed by atoms with Crippen molar-refractivity contribution in [2.75, 3.05) is 19.1 Å². The van der Waals surface area contributed by atoms with Gasteiger partial charge in [0.15, 0.2) is 0 Å². The Balaban J connectivity index is 1.17. The summed E-state index contributed by atoms with van der Waals surface area (Å²) in [6, 6.07) is 36.0. The van der Waals surface area contributed by atoms with Crippen LogP contribution in [0.4, 0.5) is 5.69 Å². The first-order valence-corrected chi connectivity index (χ1v) is 18.3. The monoisotopic (exact) mass is 734 g/mol. The molecule has 7 rings (SSSR count). The minimum atomic E-state index is -0.934. The van der Waals surface area contributed by atoms with Gasteiger partial charge in [0.05, 0.1) is 30.5 Å². The average molecular weight is 735 g/mol. The van der Waals surface area contributed by atoms with Crippen LogP contribution in [0.1, 0.15) is 58.9 Å². The van der Waals surface area contributed by atoms with Gasteiger partial charge in [-0.05, 0) is 82.6 Å². The Hall–Kier alpha value is -6.44. The molecule has 0 aliphatic carbocycles. The van der Waals surface area contributed by atoms with Gasteiger partial charge in [0, 0.05) is 31.6 Å². The third-order valence-corrected chi connectivity index (χ3v) is 10.6. The van der Waals surface area contributed by atoms with Crippen LogP contribution in [0.3, 0.4) is 0 Å². The minimum absolute atomic E-state index is 0.102. The third kappa shape index (κ3) is 7.66. The molecule has 2 heterocycles. The van der Waals surface area contributed by atoms with Crippen LogP contribution >= 0.6 is 0 Å². The van der Waals surface area contributed by atoms with Gasteiger partial charge < -0.3 is 24.8 Å². The number of hydrogen-bond acceptors (Lipinski definition) is 8. The smallest absolute Gasteiger partial charge is 0.328 e. The van der Waals surface area contributed by atoms with Crippen molar-refractivity contribution >= 4 is 23.5 Å². The fraction of sp³-hybridized carbons (Fsp3) is 0.244. The Morgan fingerprint density at radius 2 is 1.62 bits per heavy atom. The molecule has 2 N–H and O–H groups in total. The quantitative estimate of drug-likeness (QED) is 0.150. The minimum Gasteiger partial charge on any atom is -0.508 e. The Bertz CT molecular complexity index is 2230.